The van der Waals surface area contributed by atoms with Crippen LogP contribution in [-0.4, -0.2) is 25.0 Å². The second kappa shape index (κ2) is 8.56. The molecule has 6 heteroatoms. The minimum atomic E-state index is -0.318. The fourth-order valence-electron chi connectivity index (χ4n) is 2.70. The van der Waals surface area contributed by atoms with Crippen LogP contribution in [0.3, 0.4) is 0 Å². The summed E-state index contributed by atoms with van der Waals surface area (Å²) >= 11 is 6.19. The zero-order valence-corrected chi connectivity index (χ0v) is 15.5. The van der Waals surface area contributed by atoms with Crippen LogP contribution in [0.25, 0.3) is 10.8 Å². The normalized spacial score (nSPS) is 10.4. The third-order valence-corrected chi connectivity index (χ3v) is 4.27. The van der Waals surface area contributed by atoms with Gasteiger partial charge in [-0.25, -0.2) is 0 Å². The van der Waals surface area contributed by atoms with Crippen molar-refractivity contribution in [2.75, 3.05) is 18.5 Å². The SMILES string of the molecule is CCNC(=O)c1cccc(NC(=O)COc2ccc(Cl)c3ccccc23)c1. The number of carbonyl (C=O) groups excluding carboxylic acids is 2. The molecule has 138 valence electrons. The molecule has 2 N–H and O–H groups in total. The fraction of sp³-hybridized carbons (Fsp3) is 0.143. The van der Waals surface area contributed by atoms with Crippen molar-refractivity contribution >= 4 is 39.9 Å². The summed E-state index contributed by atoms with van der Waals surface area (Å²) in [6.07, 6.45) is 0. The lowest BCUT2D eigenvalue weighted by Crippen LogP contribution is -2.23. The van der Waals surface area contributed by atoms with E-state index in [1.165, 1.54) is 0 Å². The maximum atomic E-state index is 12.2. The topological polar surface area (TPSA) is 67.4 Å². The number of fused-ring (bicyclic) bond motifs is 1. The maximum absolute atomic E-state index is 12.2. The number of nitrogens with one attached hydrogen (secondary N) is 2. The van der Waals surface area contributed by atoms with E-state index in [0.29, 0.717) is 28.6 Å². The molecule has 0 aliphatic heterocycles. The predicted octanol–water partition coefficient (Wildman–Crippen LogP) is 4.26. The smallest absolute Gasteiger partial charge is 0.262 e. The van der Waals surface area contributed by atoms with Crippen LogP contribution >= 0.6 is 11.6 Å². The Morgan fingerprint density at radius 1 is 1.00 bits per heavy atom. The summed E-state index contributed by atoms with van der Waals surface area (Å²) in [6.45, 7) is 2.23. The summed E-state index contributed by atoms with van der Waals surface area (Å²) in [5, 5.41) is 7.80. The van der Waals surface area contributed by atoms with Gasteiger partial charge in [-0.1, -0.05) is 41.9 Å². The number of hydrogen-bond acceptors (Lipinski definition) is 3. The van der Waals surface area contributed by atoms with Crippen molar-refractivity contribution in [2.24, 2.45) is 0 Å². The highest BCUT2D eigenvalue weighted by Crippen LogP contribution is 2.31. The molecule has 27 heavy (non-hydrogen) atoms. The van der Waals surface area contributed by atoms with Crippen molar-refractivity contribution in [3.63, 3.8) is 0 Å². The minimum absolute atomic E-state index is 0.156. The third kappa shape index (κ3) is 4.57. The minimum Gasteiger partial charge on any atom is -0.483 e. The predicted molar refractivity (Wildman–Crippen MR) is 108 cm³/mol. The monoisotopic (exact) mass is 382 g/mol. The van der Waals surface area contributed by atoms with Crippen LogP contribution in [0.1, 0.15) is 17.3 Å². The molecule has 0 heterocycles. The van der Waals surface area contributed by atoms with Crippen LogP contribution in [0.2, 0.25) is 5.02 Å². The van der Waals surface area contributed by atoms with E-state index in [-0.39, 0.29) is 18.4 Å². The number of anilines is 1. The summed E-state index contributed by atoms with van der Waals surface area (Å²) in [5.41, 5.74) is 1.02. The van der Waals surface area contributed by atoms with Gasteiger partial charge in [0.2, 0.25) is 0 Å². The maximum Gasteiger partial charge on any atom is 0.262 e. The van der Waals surface area contributed by atoms with Gasteiger partial charge in [0.05, 0.1) is 0 Å². The molecule has 0 aliphatic carbocycles. The Morgan fingerprint density at radius 3 is 2.56 bits per heavy atom. The molecule has 0 saturated carbocycles. The molecule has 0 saturated heterocycles. The Labute approximate surface area is 162 Å². The lowest BCUT2D eigenvalue weighted by atomic mass is 10.1. The van der Waals surface area contributed by atoms with Gasteiger partial charge in [-0.3, -0.25) is 9.59 Å². The first-order chi connectivity index (χ1) is 13.1. The molecule has 3 aromatic rings. The molecule has 0 bridgehead atoms. The molecule has 5 nitrogen and oxygen atoms in total. The van der Waals surface area contributed by atoms with E-state index in [0.717, 1.165) is 10.8 Å². The largest absolute Gasteiger partial charge is 0.483 e. The average molecular weight is 383 g/mol. The quantitative estimate of drug-likeness (QED) is 0.669. The molecule has 0 spiro atoms. The van der Waals surface area contributed by atoms with Crippen LogP contribution in [0.15, 0.2) is 60.7 Å². The molecular weight excluding hydrogens is 364 g/mol. The number of ether oxygens (including phenoxy) is 1. The number of hydrogen-bond donors (Lipinski definition) is 2. The Morgan fingerprint density at radius 2 is 1.78 bits per heavy atom. The van der Waals surface area contributed by atoms with Crippen molar-refractivity contribution < 1.29 is 14.3 Å². The zero-order chi connectivity index (χ0) is 19.2. The molecule has 2 amide bonds. The molecular formula is C21H19ClN2O3. The Bertz CT molecular complexity index is 988. The summed E-state index contributed by atoms with van der Waals surface area (Å²) in [6, 6.07) is 17.8. The van der Waals surface area contributed by atoms with Crippen molar-refractivity contribution in [3.8, 4) is 5.75 Å². The van der Waals surface area contributed by atoms with E-state index in [9.17, 15) is 9.59 Å². The first-order valence-corrected chi connectivity index (χ1v) is 8.94. The standard InChI is InChI=1S/C21H19ClN2O3/c1-2-23-21(26)14-6-5-7-15(12-14)24-20(25)13-27-19-11-10-18(22)16-8-3-4-9-17(16)19/h3-12H,2,13H2,1H3,(H,23,26)(H,24,25). The Hall–Kier alpha value is -3.05. The van der Waals surface area contributed by atoms with E-state index in [2.05, 4.69) is 10.6 Å². The fourth-order valence-corrected chi connectivity index (χ4v) is 2.93. The number of carbonyl (C=O) groups is 2. The van der Waals surface area contributed by atoms with Crippen molar-refractivity contribution in [1.82, 2.24) is 5.32 Å². The lowest BCUT2D eigenvalue weighted by molar-refractivity contribution is -0.118. The van der Waals surface area contributed by atoms with Gasteiger partial charge in [0.15, 0.2) is 6.61 Å². The average Bonchev–Trinajstić information content (AvgIpc) is 2.68. The van der Waals surface area contributed by atoms with Crippen LogP contribution in [0.5, 0.6) is 5.75 Å². The molecule has 0 radical (unpaired) electrons. The van der Waals surface area contributed by atoms with Gasteiger partial charge in [0.25, 0.3) is 11.8 Å². The first kappa shape index (κ1) is 18.7. The van der Waals surface area contributed by atoms with Gasteiger partial charge < -0.3 is 15.4 Å². The van der Waals surface area contributed by atoms with Crippen LogP contribution in [0.4, 0.5) is 5.69 Å². The summed E-state index contributed by atoms with van der Waals surface area (Å²) in [4.78, 5) is 24.1. The number of rotatable bonds is 6. The van der Waals surface area contributed by atoms with Gasteiger partial charge in [-0.05, 0) is 37.3 Å². The van der Waals surface area contributed by atoms with E-state index in [1.54, 1.807) is 36.4 Å². The van der Waals surface area contributed by atoms with Gasteiger partial charge in [0, 0.05) is 33.6 Å². The third-order valence-electron chi connectivity index (χ3n) is 3.94. The summed E-state index contributed by atoms with van der Waals surface area (Å²) < 4.78 is 5.67. The highest BCUT2D eigenvalue weighted by atomic mass is 35.5. The van der Waals surface area contributed by atoms with Gasteiger partial charge in [-0.15, -0.1) is 0 Å². The zero-order valence-electron chi connectivity index (χ0n) is 14.8. The Balaban J connectivity index is 1.67. The molecule has 0 atom stereocenters. The number of amides is 2. The van der Waals surface area contributed by atoms with E-state index in [4.69, 9.17) is 16.3 Å². The molecule has 3 rings (SSSR count). The number of halogens is 1. The molecule has 3 aromatic carbocycles. The van der Waals surface area contributed by atoms with Gasteiger partial charge in [0.1, 0.15) is 5.75 Å². The lowest BCUT2D eigenvalue weighted by Gasteiger charge is -2.11. The first-order valence-electron chi connectivity index (χ1n) is 8.56. The Kier molecular flexibility index (Phi) is 5.94. The molecule has 0 aliphatic rings. The molecule has 0 fully saturated rings. The summed E-state index contributed by atoms with van der Waals surface area (Å²) in [7, 11) is 0. The van der Waals surface area contributed by atoms with Crippen molar-refractivity contribution in [2.45, 2.75) is 6.92 Å². The van der Waals surface area contributed by atoms with E-state index < -0.39 is 0 Å². The van der Waals surface area contributed by atoms with Crippen LogP contribution in [-0.2, 0) is 4.79 Å². The number of benzene rings is 3. The van der Waals surface area contributed by atoms with Crippen LogP contribution in [0, 0.1) is 0 Å². The van der Waals surface area contributed by atoms with Crippen molar-refractivity contribution in [1.29, 1.82) is 0 Å². The molecule has 0 aromatic heterocycles. The molecule has 0 unspecified atom stereocenters. The highest BCUT2D eigenvalue weighted by Gasteiger charge is 2.10. The van der Waals surface area contributed by atoms with Crippen LogP contribution < -0.4 is 15.4 Å². The highest BCUT2D eigenvalue weighted by molar-refractivity contribution is 6.35. The van der Waals surface area contributed by atoms with E-state index >= 15 is 0 Å². The van der Waals surface area contributed by atoms with Gasteiger partial charge >= 0.3 is 0 Å². The summed E-state index contributed by atoms with van der Waals surface area (Å²) in [5.74, 6) is 0.0841. The van der Waals surface area contributed by atoms with E-state index in [1.807, 2.05) is 31.2 Å². The second-order valence-corrected chi connectivity index (χ2v) is 6.28. The van der Waals surface area contributed by atoms with Crippen molar-refractivity contribution in [3.05, 3.63) is 71.2 Å². The second-order valence-electron chi connectivity index (χ2n) is 5.87. The van der Waals surface area contributed by atoms with Gasteiger partial charge in [-0.2, -0.15) is 0 Å².